The molecule has 3 aromatic rings. The molecule has 0 unspecified atom stereocenters. The fourth-order valence-electron chi connectivity index (χ4n) is 5.29. The van der Waals surface area contributed by atoms with Crippen molar-refractivity contribution in [3.8, 4) is 0 Å². The number of piperazine rings is 1. The molecular weight excluding hydrogens is 538 g/mol. The molecule has 222 valence electrons. The number of aromatic nitrogens is 2. The first-order valence-corrected chi connectivity index (χ1v) is 14.3. The van der Waals surface area contributed by atoms with Crippen LogP contribution in [0.15, 0.2) is 67.0 Å². The lowest BCUT2D eigenvalue weighted by atomic mass is 9.99. The average Bonchev–Trinajstić information content (AvgIpc) is 3.02. The van der Waals surface area contributed by atoms with Crippen molar-refractivity contribution < 1.29 is 29.3 Å². The number of ether oxygens (including phenoxy) is 2. The predicted octanol–water partition coefficient (Wildman–Crippen LogP) is 3.53. The Bertz CT molecular complexity index is 1320. The number of carbonyl (C=O) groups is 2. The van der Waals surface area contributed by atoms with Crippen LogP contribution in [0.1, 0.15) is 54.8 Å². The number of nitrogens with zero attached hydrogens (tertiary/aromatic N) is 4. The molecule has 3 N–H and O–H groups in total. The number of aliphatic hydroxyl groups excluding tert-OH is 1. The van der Waals surface area contributed by atoms with Gasteiger partial charge in [0.05, 0.1) is 18.8 Å². The molecule has 42 heavy (non-hydrogen) atoms. The minimum Gasteiger partial charge on any atom is -0.481 e. The summed E-state index contributed by atoms with van der Waals surface area (Å²) in [7, 11) is 0. The molecule has 1 amide bonds. The third-order valence-corrected chi connectivity index (χ3v) is 7.52. The number of carboxylic acid groups (broad SMARTS) is 1. The zero-order chi connectivity index (χ0) is 29.3. The van der Waals surface area contributed by atoms with E-state index in [1.807, 2.05) is 48.5 Å². The number of rotatable bonds is 11. The summed E-state index contributed by atoms with van der Waals surface area (Å²) in [6.45, 7) is 4.11. The summed E-state index contributed by atoms with van der Waals surface area (Å²) in [6, 6.07) is 17.0. The number of benzene rings is 2. The largest absolute Gasteiger partial charge is 0.481 e. The van der Waals surface area contributed by atoms with Crippen molar-refractivity contribution in [1.29, 1.82) is 0 Å². The molecule has 2 fully saturated rings. The number of anilines is 2. The Kier molecular flexibility index (Phi) is 10.1. The smallest absolute Gasteiger partial charge is 0.303 e. The second-order valence-corrected chi connectivity index (χ2v) is 10.6. The molecule has 11 nitrogen and oxygen atoms in total. The highest BCUT2D eigenvalue weighted by molar-refractivity contribution is 5.90. The second-order valence-electron chi connectivity index (χ2n) is 10.6. The Balaban J connectivity index is 1.26. The van der Waals surface area contributed by atoms with Crippen LogP contribution < -0.4 is 10.2 Å². The van der Waals surface area contributed by atoms with Crippen LogP contribution in [0.4, 0.5) is 11.6 Å². The molecule has 0 saturated carbocycles. The zero-order valence-corrected chi connectivity index (χ0v) is 23.5. The first-order valence-electron chi connectivity index (χ1n) is 14.3. The fourth-order valence-corrected chi connectivity index (χ4v) is 5.29. The molecule has 5 rings (SSSR count). The van der Waals surface area contributed by atoms with E-state index < -0.39 is 12.3 Å². The second kappa shape index (κ2) is 14.3. The van der Waals surface area contributed by atoms with E-state index in [0.29, 0.717) is 12.1 Å². The molecule has 0 spiro atoms. The minimum atomic E-state index is -0.918. The van der Waals surface area contributed by atoms with Gasteiger partial charge in [0, 0.05) is 75.6 Å². The third kappa shape index (κ3) is 8.10. The summed E-state index contributed by atoms with van der Waals surface area (Å²) >= 11 is 0. The average molecular weight is 576 g/mol. The van der Waals surface area contributed by atoms with E-state index in [-0.39, 0.29) is 44.0 Å². The number of carboxylic acids is 1. The van der Waals surface area contributed by atoms with Gasteiger partial charge in [-0.1, -0.05) is 36.4 Å². The van der Waals surface area contributed by atoms with Gasteiger partial charge in [-0.3, -0.25) is 14.5 Å². The molecule has 3 heterocycles. The van der Waals surface area contributed by atoms with Crippen LogP contribution in [-0.2, 0) is 25.7 Å². The lowest BCUT2D eigenvalue weighted by Crippen LogP contribution is -2.50. The van der Waals surface area contributed by atoms with Crippen LogP contribution in [-0.4, -0.2) is 75.8 Å². The summed E-state index contributed by atoms with van der Waals surface area (Å²) < 4.78 is 13.0. The lowest BCUT2D eigenvalue weighted by Gasteiger charge is -2.40. The number of aliphatic hydroxyl groups is 1. The molecule has 2 aliphatic rings. The van der Waals surface area contributed by atoms with E-state index in [4.69, 9.17) is 14.6 Å². The van der Waals surface area contributed by atoms with Crippen LogP contribution in [0.3, 0.4) is 0 Å². The van der Waals surface area contributed by atoms with Gasteiger partial charge in [-0.25, -0.2) is 9.97 Å². The SMILES string of the molecule is O=C(O)CCCC(=O)Nc1cccc([C@@H]2O[C@H](CN3CCN(c4ncccn4)CC3)C[C@H](c3ccc(CO)cc3)O2)c1. The standard InChI is InChI=1S/C31H37N5O6/c37-21-22-8-10-23(11-9-22)27-19-26(20-35-14-16-36(17-15-35)31-32-12-3-13-33-31)41-30(42-27)24-4-1-5-25(18-24)34-28(38)6-2-7-29(39)40/h1,3-5,8-13,18,26-27,30,37H,2,6-7,14-17,19-21H2,(H,34,38)(H,39,40)/t26-,27+,30+/m0/s1. The molecule has 1 aromatic heterocycles. The van der Waals surface area contributed by atoms with Crippen molar-refractivity contribution in [3.63, 3.8) is 0 Å². The topological polar surface area (TPSA) is 137 Å². The highest BCUT2D eigenvalue weighted by atomic mass is 16.7. The Morgan fingerprint density at radius 1 is 0.929 bits per heavy atom. The van der Waals surface area contributed by atoms with Gasteiger partial charge in [0.15, 0.2) is 6.29 Å². The van der Waals surface area contributed by atoms with E-state index in [9.17, 15) is 14.7 Å². The van der Waals surface area contributed by atoms with Gasteiger partial charge in [0.25, 0.3) is 0 Å². The van der Waals surface area contributed by atoms with Crippen LogP contribution in [0, 0.1) is 0 Å². The predicted molar refractivity (Wildman–Crippen MR) is 156 cm³/mol. The summed E-state index contributed by atoms with van der Waals surface area (Å²) in [5, 5.41) is 21.2. The zero-order valence-electron chi connectivity index (χ0n) is 23.5. The molecule has 11 heteroatoms. The van der Waals surface area contributed by atoms with E-state index in [2.05, 4.69) is 25.1 Å². The fraction of sp³-hybridized carbons (Fsp3) is 0.419. The van der Waals surface area contributed by atoms with Gasteiger partial charge in [-0.2, -0.15) is 0 Å². The Hall–Kier alpha value is -3.90. The van der Waals surface area contributed by atoms with Gasteiger partial charge in [0.1, 0.15) is 0 Å². The molecule has 3 atom stereocenters. The summed E-state index contributed by atoms with van der Waals surface area (Å²) in [4.78, 5) is 36.5. The van der Waals surface area contributed by atoms with Gasteiger partial charge < -0.3 is 29.9 Å². The van der Waals surface area contributed by atoms with Crippen molar-refractivity contribution >= 4 is 23.5 Å². The Morgan fingerprint density at radius 2 is 1.69 bits per heavy atom. The maximum Gasteiger partial charge on any atom is 0.303 e. The number of nitrogens with one attached hydrogen (secondary N) is 1. The molecule has 2 aromatic carbocycles. The van der Waals surface area contributed by atoms with E-state index in [0.717, 1.165) is 55.4 Å². The van der Waals surface area contributed by atoms with Gasteiger partial charge in [0.2, 0.25) is 11.9 Å². The van der Waals surface area contributed by atoms with Crippen molar-refractivity contribution in [1.82, 2.24) is 14.9 Å². The Labute approximate surface area is 245 Å². The van der Waals surface area contributed by atoms with E-state index in [1.165, 1.54) is 0 Å². The quantitative estimate of drug-likeness (QED) is 0.311. The number of hydrogen-bond donors (Lipinski definition) is 3. The van der Waals surface area contributed by atoms with Crippen LogP contribution in [0.25, 0.3) is 0 Å². The van der Waals surface area contributed by atoms with E-state index in [1.54, 1.807) is 18.5 Å². The molecule has 0 bridgehead atoms. The molecule has 0 radical (unpaired) electrons. The minimum absolute atomic E-state index is 0.0189. The first kappa shape index (κ1) is 29.6. The molecule has 0 aliphatic carbocycles. The summed E-state index contributed by atoms with van der Waals surface area (Å²) in [5.74, 6) is -0.406. The van der Waals surface area contributed by atoms with Crippen LogP contribution in [0.2, 0.25) is 0 Å². The van der Waals surface area contributed by atoms with Crippen LogP contribution >= 0.6 is 0 Å². The van der Waals surface area contributed by atoms with Crippen molar-refractivity contribution in [2.45, 2.75) is 50.8 Å². The molecule has 2 saturated heterocycles. The molecule has 2 aliphatic heterocycles. The van der Waals surface area contributed by atoms with Crippen molar-refractivity contribution in [2.24, 2.45) is 0 Å². The number of amides is 1. The maximum atomic E-state index is 12.4. The number of aliphatic carboxylic acids is 1. The van der Waals surface area contributed by atoms with Gasteiger partial charge in [-0.15, -0.1) is 0 Å². The van der Waals surface area contributed by atoms with Gasteiger partial charge >= 0.3 is 5.97 Å². The number of carbonyl (C=O) groups excluding carboxylic acids is 1. The van der Waals surface area contributed by atoms with Crippen molar-refractivity contribution in [3.05, 3.63) is 83.7 Å². The highest BCUT2D eigenvalue weighted by Crippen LogP contribution is 2.38. The number of hydrogen-bond acceptors (Lipinski definition) is 9. The van der Waals surface area contributed by atoms with E-state index >= 15 is 0 Å². The lowest BCUT2D eigenvalue weighted by molar-refractivity contribution is -0.253. The summed E-state index contributed by atoms with van der Waals surface area (Å²) in [5.41, 5.74) is 3.24. The van der Waals surface area contributed by atoms with Gasteiger partial charge in [-0.05, 0) is 35.7 Å². The summed E-state index contributed by atoms with van der Waals surface area (Å²) in [6.07, 6.45) is 3.61. The first-order chi connectivity index (χ1) is 20.5. The van der Waals surface area contributed by atoms with Crippen molar-refractivity contribution in [2.75, 3.05) is 42.9 Å². The maximum absolute atomic E-state index is 12.4. The van der Waals surface area contributed by atoms with Crippen LogP contribution in [0.5, 0.6) is 0 Å². The Morgan fingerprint density at radius 3 is 2.40 bits per heavy atom. The third-order valence-electron chi connectivity index (χ3n) is 7.52. The highest BCUT2D eigenvalue weighted by Gasteiger charge is 2.34. The monoisotopic (exact) mass is 575 g/mol. The molecular formula is C31H37N5O6. The normalized spacial score (nSPS) is 21.2.